The topological polar surface area (TPSA) is 67.9 Å². The molecule has 1 aliphatic heterocycles. The van der Waals surface area contributed by atoms with Crippen LogP contribution in [0.5, 0.6) is 11.5 Å². The number of benzene rings is 3. The molecule has 1 saturated heterocycles. The van der Waals surface area contributed by atoms with E-state index >= 15 is 0 Å². The summed E-state index contributed by atoms with van der Waals surface area (Å²) in [5.41, 5.74) is 4.33. The van der Waals surface area contributed by atoms with E-state index in [-0.39, 0.29) is 18.4 Å². The van der Waals surface area contributed by atoms with Gasteiger partial charge < -0.3 is 14.8 Å². The number of hydrogen-bond donors (Lipinski definition) is 1. The normalized spacial score (nSPS) is 14.4. The largest absolute Gasteiger partial charge is 0.497 e. The number of ether oxygens (including phenoxy) is 2. The summed E-state index contributed by atoms with van der Waals surface area (Å²) in [4.78, 5) is 27.5. The molecule has 4 rings (SSSR count). The van der Waals surface area contributed by atoms with Crippen molar-refractivity contribution in [3.05, 3.63) is 88.3 Å². The molecule has 0 bridgehead atoms. The van der Waals surface area contributed by atoms with E-state index < -0.39 is 0 Å². The Morgan fingerprint density at radius 2 is 1.80 bits per heavy atom. The summed E-state index contributed by atoms with van der Waals surface area (Å²) in [7, 11) is 1.59. The number of para-hydroxylation sites is 1. The van der Waals surface area contributed by atoms with Crippen LogP contribution in [-0.4, -0.2) is 29.9 Å². The van der Waals surface area contributed by atoms with E-state index in [1.165, 1.54) is 16.7 Å². The highest BCUT2D eigenvalue weighted by atomic mass is 32.2. The molecule has 178 valence electrons. The van der Waals surface area contributed by atoms with Crippen LogP contribution in [0, 0.1) is 13.8 Å². The van der Waals surface area contributed by atoms with Crippen molar-refractivity contribution < 1.29 is 19.1 Å². The van der Waals surface area contributed by atoms with Gasteiger partial charge in [0, 0.05) is 11.3 Å². The van der Waals surface area contributed by atoms with E-state index in [9.17, 15) is 9.59 Å². The lowest BCUT2D eigenvalue weighted by molar-refractivity contribution is -0.118. The maximum absolute atomic E-state index is 13.1. The Labute approximate surface area is 213 Å². The number of nitrogens with zero attached hydrogens (tertiary/aromatic N) is 1. The number of thioether (sulfide) groups is 1. The Hall–Kier alpha value is -3.62. The summed E-state index contributed by atoms with van der Waals surface area (Å²) in [5, 5.41) is 2.85. The van der Waals surface area contributed by atoms with Gasteiger partial charge in [0.25, 0.3) is 11.8 Å². The van der Waals surface area contributed by atoms with Crippen LogP contribution in [0.25, 0.3) is 6.08 Å². The number of methoxy groups -OCH3 is 1. The molecular formula is C27H24N2O4S2. The monoisotopic (exact) mass is 504 g/mol. The number of hydrogen-bond acceptors (Lipinski definition) is 6. The van der Waals surface area contributed by atoms with Gasteiger partial charge >= 0.3 is 0 Å². The second-order valence-electron chi connectivity index (χ2n) is 7.89. The van der Waals surface area contributed by atoms with E-state index in [1.54, 1.807) is 43.5 Å². The maximum atomic E-state index is 13.1. The molecule has 0 aromatic heterocycles. The van der Waals surface area contributed by atoms with Gasteiger partial charge in [0.1, 0.15) is 11.5 Å². The average Bonchev–Trinajstić information content (AvgIpc) is 3.13. The number of rotatable bonds is 7. The minimum atomic E-state index is -0.270. The molecule has 6 nitrogen and oxygen atoms in total. The van der Waals surface area contributed by atoms with Gasteiger partial charge in [0.2, 0.25) is 0 Å². The van der Waals surface area contributed by atoms with Crippen molar-refractivity contribution in [3.8, 4) is 11.5 Å². The van der Waals surface area contributed by atoms with Crippen LogP contribution in [0.1, 0.15) is 16.7 Å². The van der Waals surface area contributed by atoms with Crippen LogP contribution in [0.2, 0.25) is 0 Å². The van der Waals surface area contributed by atoms with Crippen molar-refractivity contribution >= 4 is 57.6 Å². The molecule has 3 aromatic rings. The molecule has 0 aliphatic carbocycles. The molecule has 1 heterocycles. The van der Waals surface area contributed by atoms with Crippen LogP contribution in [0.3, 0.4) is 0 Å². The molecule has 8 heteroatoms. The first-order valence-corrected chi connectivity index (χ1v) is 12.1. The predicted octanol–water partition coefficient (Wildman–Crippen LogP) is 5.74. The van der Waals surface area contributed by atoms with Crippen molar-refractivity contribution in [2.45, 2.75) is 13.8 Å². The highest BCUT2D eigenvalue weighted by Gasteiger charge is 2.33. The van der Waals surface area contributed by atoms with Crippen LogP contribution in [0.4, 0.5) is 11.4 Å². The van der Waals surface area contributed by atoms with Crippen molar-refractivity contribution in [2.75, 3.05) is 23.9 Å². The lowest BCUT2D eigenvalue weighted by Crippen LogP contribution is -2.27. The second kappa shape index (κ2) is 10.8. The fourth-order valence-corrected chi connectivity index (χ4v) is 4.74. The summed E-state index contributed by atoms with van der Waals surface area (Å²) in [6, 6.07) is 20.1. The molecule has 2 amide bonds. The Kier molecular flexibility index (Phi) is 7.53. The minimum absolute atomic E-state index is 0.162. The lowest BCUT2D eigenvalue weighted by atomic mass is 10.1. The molecule has 35 heavy (non-hydrogen) atoms. The summed E-state index contributed by atoms with van der Waals surface area (Å²) in [6.45, 7) is 3.85. The second-order valence-corrected chi connectivity index (χ2v) is 9.56. The highest BCUT2D eigenvalue weighted by Crippen LogP contribution is 2.37. The van der Waals surface area contributed by atoms with Gasteiger partial charge in [-0.1, -0.05) is 48.2 Å². The van der Waals surface area contributed by atoms with Gasteiger partial charge in [-0.15, -0.1) is 0 Å². The molecule has 0 atom stereocenters. The first kappa shape index (κ1) is 24.5. The number of anilines is 2. The van der Waals surface area contributed by atoms with Crippen LogP contribution in [-0.2, 0) is 9.59 Å². The summed E-state index contributed by atoms with van der Waals surface area (Å²) >= 11 is 6.68. The predicted molar refractivity (Wildman–Crippen MR) is 145 cm³/mol. The Morgan fingerprint density at radius 1 is 1.06 bits per heavy atom. The number of thiocarbonyl (C=S) groups is 1. The van der Waals surface area contributed by atoms with Crippen molar-refractivity contribution in [2.24, 2.45) is 0 Å². The first-order valence-electron chi connectivity index (χ1n) is 10.9. The minimum Gasteiger partial charge on any atom is -0.497 e. The summed E-state index contributed by atoms with van der Waals surface area (Å²) in [5.74, 6) is 0.709. The van der Waals surface area contributed by atoms with Gasteiger partial charge in [0.05, 0.1) is 17.7 Å². The van der Waals surface area contributed by atoms with Crippen LogP contribution < -0.4 is 19.7 Å². The Balaban J connectivity index is 1.47. The van der Waals surface area contributed by atoms with Gasteiger partial charge in [0.15, 0.2) is 10.9 Å². The van der Waals surface area contributed by atoms with Gasteiger partial charge in [-0.25, -0.2) is 0 Å². The van der Waals surface area contributed by atoms with Crippen LogP contribution >= 0.6 is 24.0 Å². The number of carbonyl (C=O) groups excluding carboxylic acids is 2. The molecule has 1 fully saturated rings. The lowest BCUT2D eigenvalue weighted by Gasteiger charge is -2.14. The van der Waals surface area contributed by atoms with E-state index in [2.05, 4.69) is 5.32 Å². The van der Waals surface area contributed by atoms with Crippen molar-refractivity contribution in [3.63, 3.8) is 0 Å². The standard InChI is InChI=1S/C27H24N2O4S2/c1-17-8-9-20(14-18(17)2)28-25(30)16-33-23-7-5-4-6-19(23)15-24-26(31)29(27(34)35-24)21-10-12-22(32-3)13-11-21/h4-15H,16H2,1-3H3,(H,28,30)/b24-15-. The number of aryl methyl sites for hydroxylation is 2. The molecular weight excluding hydrogens is 480 g/mol. The zero-order valence-electron chi connectivity index (χ0n) is 19.5. The fourth-order valence-electron chi connectivity index (χ4n) is 3.45. The third-order valence-electron chi connectivity index (χ3n) is 5.48. The quantitative estimate of drug-likeness (QED) is 0.327. The molecule has 3 aromatic carbocycles. The summed E-state index contributed by atoms with van der Waals surface area (Å²) < 4.78 is 11.4. The zero-order valence-corrected chi connectivity index (χ0v) is 21.2. The van der Waals surface area contributed by atoms with Gasteiger partial charge in [-0.2, -0.15) is 0 Å². The number of carbonyl (C=O) groups is 2. The number of amides is 2. The van der Waals surface area contributed by atoms with E-state index in [0.717, 1.165) is 16.8 Å². The van der Waals surface area contributed by atoms with Crippen molar-refractivity contribution in [1.82, 2.24) is 0 Å². The molecule has 0 unspecified atom stereocenters. The van der Waals surface area contributed by atoms with Crippen LogP contribution in [0.15, 0.2) is 71.6 Å². The van der Waals surface area contributed by atoms with E-state index in [1.807, 2.05) is 50.2 Å². The number of nitrogens with one attached hydrogen (secondary N) is 1. The highest BCUT2D eigenvalue weighted by molar-refractivity contribution is 8.27. The molecule has 0 spiro atoms. The first-order chi connectivity index (χ1) is 16.9. The fraction of sp³-hybridized carbons (Fsp3) is 0.148. The van der Waals surface area contributed by atoms with E-state index in [4.69, 9.17) is 21.7 Å². The molecule has 1 N–H and O–H groups in total. The third kappa shape index (κ3) is 5.72. The molecule has 0 saturated carbocycles. The average molecular weight is 505 g/mol. The smallest absolute Gasteiger partial charge is 0.270 e. The van der Waals surface area contributed by atoms with Gasteiger partial charge in [-0.05, 0) is 73.5 Å². The van der Waals surface area contributed by atoms with Gasteiger partial charge in [-0.3, -0.25) is 14.5 Å². The Bertz CT molecular complexity index is 1320. The molecule has 0 radical (unpaired) electrons. The Morgan fingerprint density at radius 3 is 2.51 bits per heavy atom. The van der Waals surface area contributed by atoms with E-state index in [0.29, 0.717) is 32.0 Å². The van der Waals surface area contributed by atoms with Crippen molar-refractivity contribution in [1.29, 1.82) is 0 Å². The maximum Gasteiger partial charge on any atom is 0.270 e. The summed E-state index contributed by atoms with van der Waals surface area (Å²) in [6.07, 6.45) is 1.74. The molecule has 1 aliphatic rings. The zero-order chi connectivity index (χ0) is 24.9. The third-order valence-corrected chi connectivity index (χ3v) is 6.78. The SMILES string of the molecule is COc1ccc(N2C(=O)/C(=C/c3ccccc3OCC(=O)Nc3ccc(C)c(C)c3)SC2=S)cc1.